The van der Waals surface area contributed by atoms with E-state index in [0.29, 0.717) is 40.4 Å². The van der Waals surface area contributed by atoms with Crippen LogP contribution in [0.15, 0.2) is 34.2 Å². The average Bonchev–Trinajstić information content (AvgIpc) is 2.99. The van der Waals surface area contributed by atoms with Crippen LogP contribution in [-0.4, -0.2) is 38.7 Å². The molecule has 7 heteroatoms. The summed E-state index contributed by atoms with van der Waals surface area (Å²) in [5.41, 5.74) is 2.92. The van der Waals surface area contributed by atoms with Crippen molar-refractivity contribution in [3.05, 3.63) is 56.5 Å². The fraction of sp³-hybridized carbons (Fsp3) is 0.577. The predicted molar refractivity (Wildman–Crippen MR) is 135 cm³/mol. The molecule has 5 nitrogen and oxygen atoms in total. The van der Waals surface area contributed by atoms with Gasteiger partial charge in [0.15, 0.2) is 5.16 Å². The van der Waals surface area contributed by atoms with E-state index in [-0.39, 0.29) is 22.3 Å². The van der Waals surface area contributed by atoms with Gasteiger partial charge >= 0.3 is 0 Å². The third kappa shape index (κ3) is 5.17. The molecular weight excluding hydrogens is 454 g/mol. The molecule has 178 valence electrons. The number of fused-ring (bicyclic) bond motifs is 2. The number of benzene rings is 1. The summed E-state index contributed by atoms with van der Waals surface area (Å²) in [6.45, 7) is 9.80. The van der Waals surface area contributed by atoms with Crippen LogP contribution in [0.1, 0.15) is 63.8 Å². The van der Waals surface area contributed by atoms with E-state index >= 15 is 0 Å². The lowest BCUT2D eigenvalue weighted by Gasteiger charge is -2.39. The summed E-state index contributed by atoms with van der Waals surface area (Å²) < 4.78 is 1.59. The number of nitrogens with zero attached hydrogens (tertiary/aromatic N) is 3. The zero-order valence-electron chi connectivity index (χ0n) is 20.3. The molecule has 2 aliphatic rings. The Morgan fingerprint density at radius 1 is 1.27 bits per heavy atom. The SMILES string of the molecule is CCc1nc(SCC(=O)N2CC3(C)CC2CC(C)(C)C3)n(C)c(=O)c1Cc1cccc(Cl)c1. The minimum Gasteiger partial charge on any atom is -0.338 e. The molecule has 2 unspecified atom stereocenters. The Balaban J connectivity index is 1.50. The van der Waals surface area contributed by atoms with E-state index in [0.717, 1.165) is 37.1 Å². The molecule has 2 aromatic rings. The number of hydrogen-bond donors (Lipinski definition) is 0. The van der Waals surface area contributed by atoms with Gasteiger partial charge in [-0.05, 0) is 54.2 Å². The van der Waals surface area contributed by atoms with Crippen molar-refractivity contribution in [2.24, 2.45) is 17.9 Å². The molecule has 1 aliphatic carbocycles. The number of halogens is 1. The van der Waals surface area contributed by atoms with Gasteiger partial charge in [-0.15, -0.1) is 0 Å². The first kappa shape index (κ1) is 24.3. The van der Waals surface area contributed by atoms with Crippen molar-refractivity contribution in [3.63, 3.8) is 0 Å². The van der Waals surface area contributed by atoms with Gasteiger partial charge in [0.25, 0.3) is 5.56 Å². The minimum absolute atomic E-state index is 0.0527. The smallest absolute Gasteiger partial charge is 0.257 e. The van der Waals surface area contributed by atoms with Gasteiger partial charge in [0, 0.05) is 36.6 Å². The Kier molecular flexibility index (Phi) is 6.71. The number of hydrogen-bond acceptors (Lipinski definition) is 4. The molecule has 2 heterocycles. The molecule has 33 heavy (non-hydrogen) atoms. The summed E-state index contributed by atoms with van der Waals surface area (Å²) in [4.78, 5) is 33.3. The summed E-state index contributed by atoms with van der Waals surface area (Å²) in [6, 6.07) is 7.91. The number of aryl methyl sites for hydroxylation is 1. The summed E-state index contributed by atoms with van der Waals surface area (Å²) in [5, 5.41) is 1.26. The maximum Gasteiger partial charge on any atom is 0.257 e. The standard InChI is InChI=1S/C26H34ClN3O2S/c1-6-21-20(11-17-8-7-9-18(27)10-17)23(32)29(5)24(28-21)33-14-22(31)30-16-26(4)13-19(30)12-25(2,3)15-26/h7-10,19H,6,11-16H2,1-5H3. The average molecular weight is 488 g/mol. The van der Waals surface area contributed by atoms with Gasteiger partial charge in [-0.25, -0.2) is 4.98 Å². The lowest BCUT2D eigenvalue weighted by Crippen LogP contribution is -2.38. The Bertz CT molecular complexity index is 1130. The summed E-state index contributed by atoms with van der Waals surface area (Å²) >= 11 is 7.50. The van der Waals surface area contributed by atoms with Crippen LogP contribution in [0.4, 0.5) is 0 Å². The number of likely N-dealkylation sites (tertiary alicyclic amines) is 1. The first-order chi connectivity index (χ1) is 15.5. The molecule has 1 saturated carbocycles. The van der Waals surface area contributed by atoms with E-state index in [1.54, 1.807) is 11.6 Å². The van der Waals surface area contributed by atoms with Crippen LogP contribution >= 0.6 is 23.4 Å². The van der Waals surface area contributed by atoms with E-state index in [4.69, 9.17) is 16.6 Å². The van der Waals surface area contributed by atoms with Crippen LogP contribution in [0.5, 0.6) is 0 Å². The van der Waals surface area contributed by atoms with Gasteiger partial charge in [-0.3, -0.25) is 14.2 Å². The van der Waals surface area contributed by atoms with E-state index in [2.05, 4.69) is 25.7 Å². The third-order valence-electron chi connectivity index (χ3n) is 7.09. The number of thioether (sulfide) groups is 1. The van der Waals surface area contributed by atoms with Gasteiger partial charge < -0.3 is 4.90 Å². The highest BCUT2D eigenvalue weighted by Gasteiger charge is 2.50. The van der Waals surface area contributed by atoms with Crippen LogP contribution in [0, 0.1) is 10.8 Å². The van der Waals surface area contributed by atoms with E-state index < -0.39 is 0 Å². The second-order valence-corrected chi connectivity index (χ2v) is 12.2. The quantitative estimate of drug-likeness (QED) is 0.420. The van der Waals surface area contributed by atoms with Crippen LogP contribution < -0.4 is 5.56 Å². The zero-order chi connectivity index (χ0) is 24.0. The molecule has 2 bridgehead atoms. The molecule has 1 amide bonds. The second kappa shape index (κ2) is 9.10. The molecule has 1 aromatic heterocycles. The maximum atomic E-state index is 13.2. The fourth-order valence-corrected chi connectivity index (χ4v) is 7.16. The number of amides is 1. The molecule has 4 rings (SSSR count). The topological polar surface area (TPSA) is 55.2 Å². The molecule has 0 radical (unpaired) electrons. The lowest BCUT2D eigenvalue weighted by molar-refractivity contribution is -0.129. The minimum atomic E-state index is -0.0527. The monoisotopic (exact) mass is 487 g/mol. The number of carbonyl (C=O) groups is 1. The number of aromatic nitrogens is 2. The van der Waals surface area contributed by atoms with Gasteiger partial charge in [-0.1, -0.05) is 63.2 Å². The van der Waals surface area contributed by atoms with Gasteiger partial charge in [0.1, 0.15) is 0 Å². The van der Waals surface area contributed by atoms with Crippen molar-refractivity contribution >= 4 is 29.3 Å². The van der Waals surface area contributed by atoms with Gasteiger partial charge in [0.2, 0.25) is 5.91 Å². The molecular formula is C26H34ClN3O2S. The first-order valence-corrected chi connectivity index (χ1v) is 13.1. The Morgan fingerprint density at radius 2 is 2.03 bits per heavy atom. The Morgan fingerprint density at radius 3 is 2.73 bits per heavy atom. The Hall–Kier alpha value is -1.79. The molecule has 2 atom stereocenters. The van der Waals surface area contributed by atoms with E-state index in [9.17, 15) is 9.59 Å². The van der Waals surface area contributed by atoms with Gasteiger partial charge in [-0.2, -0.15) is 0 Å². The molecule has 1 aromatic carbocycles. The lowest BCUT2D eigenvalue weighted by atomic mass is 9.65. The van der Waals surface area contributed by atoms with Crippen molar-refractivity contribution in [1.82, 2.24) is 14.5 Å². The highest BCUT2D eigenvalue weighted by molar-refractivity contribution is 7.99. The highest BCUT2D eigenvalue weighted by atomic mass is 35.5. The van der Waals surface area contributed by atoms with Crippen LogP contribution in [0.3, 0.4) is 0 Å². The molecule has 0 N–H and O–H groups in total. The van der Waals surface area contributed by atoms with Crippen LogP contribution in [0.25, 0.3) is 0 Å². The van der Waals surface area contributed by atoms with Crippen molar-refractivity contribution in [3.8, 4) is 0 Å². The van der Waals surface area contributed by atoms with Gasteiger partial charge in [0.05, 0.1) is 11.4 Å². The molecule has 2 fully saturated rings. The Labute approximate surface area is 205 Å². The van der Waals surface area contributed by atoms with Crippen molar-refractivity contribution in [1.29, 1.82) is 0 Å². The normalized spacial score (nSPS) is 23.7. The third-order valence-corrected chi connectivity index (χ3v) is 8.34. The van der Waals surface area contributed by atoms with Crippen LogP contribution in [-0.2, 0) is 24.7 Å². The maximum absolute atomic E-state index is 13.2. The predicted octanol–water partition coefficient (Wildman–Crippen LogP) is 5.11. The largest absolute Gasteiger partial charge is 0.338 e. The summed E-state index contributed by atoms with van der Waals surface area (Å²) in [5.74, 6) is 0.464. The van der Waals surface area contributed by atoms with Crippen molar-refractivity contribution in [2.45, 2.75) is 71.0 Å². The fourth-order valence-electron chi connectivity index (χ4n) is 6.08. The van der Waals surface area contributed by atoms with Crippen LogP contribution in [0.2, 0.25) is 5.02 Å². The summed E-state index contributed by atoms with van der Waals surface area (Å²) in [6.07, 6.45) is 4.49. The van der Waals surface area contributed by atoms with E-state index in [1.165, 1.54) is 11.8 Å². The molecule has 1 saturated heterocycles. The number of carbonyl (C=O) groups excluding carboxylic acids is 1. The first-order valence-electron chi connectivity index (χ1n) is 11.8. The second-order valence-electron chi connectivity index (χ2n) is 10.9. The number of rotatable bonds is 6. The van der Waals surface area contributed by atoms with Crippen molar-refractivity contribution < 1.29 is 4.79 Å². The zero-order valence-corrected chi connectivity index (χ0v) is 21.9. The van der Waals surface area contributed by atoms with Crippen molar-refractivity contribution in [2.75, 3.05) is 12.3 Å². The molecule has 0 spiro atoms. The van der Waals surface area contributed by atoms with E-state index in [1.807, 2.05) is 31.2 Å². The summed E-state index contributed by atoms with van der Waals surface area (Å²) in [7, 11) is 1.75. The highest BCUT2D eigenvalue weighted by Crippen LogP contribution is 2.52. The molecule has 1 aliphatic heterocycles.